The van der Waals surface area contributed by atoms with E-state index in [1.54, 1.807) is 11.8 Å². The van der Waals surface area contributed by atoms with Crippen LogP contribution in [0.1, 0.15) is 33.5 Å². The highest BCUT2D eigenvalue weighted by molar-refractivity contribution is 6.32. The summed E-state index contributed by atoms with van der Waals surface area (Å²) in [5, 5.41) is 0.0770. The Morgan fingerprint density at radius 1 is 1.39 bits per heavy atom. The number of rotatable bonds is 1. The third kappa shape index (κ3) is 4.16. The van der Waals surface area contributed by atoms with Gasteiger partial charge in [-0.25, -0.2) is 9.78 Å². The van der Waals surface area contributed by atoms with Crippen molar-refractivity contribution in [3.8, 4) is 0 Å². The second-order valence-corrected chi connectivity index (χ2v) is 7.14. The Kier molecular flexibility index (Phi) is 4.89. The number of carbonyl (C=O) groups is 1. The van der Waals surface area contributed by atoms with E-state index in [0.717, 1.165) is 0 Å². The van der Waals surface area contributed by atoms with Crippen LogP contribution in [-0.4, -0.2) is 52.2 Å². The molecule has 128 valence electrons. The van der Waals surface area contributed by atoms with Crippen LogP contribution in [0, 0.1) is 6.92 Å². The van der Waals surface area contributed by atoms with Crippen LogP contribution in [0.15, 0.2) is 4.79 Å². The first-order chi connectivity index (χ1) is 10.6. The van der Waals surface area contributed by atoms with Crippen molar-refractivity contribution >= 4 is 23.5 Å². The molecule has 0 aromatic carbocycles. The number of hydrogen-bond donors (Lipinski definition) is 1. The topological polar surface area (TPSA) is 78.5 Å². The van der Waals surface area contributed by atoms with Gasteiger partial charge in [0.25, 0.3) is 5.56 Å². The standard InChI is InChI=1S/C15H23ClN4O3/c1-9-8-19(14(22)23-15(3,4)5)6-7-20(9)12-11(16)13(21)18-10(2)17-12/h9H,6-8H2,1-5H3,(H,17,18,21). The van der Waals surface area contributed by atoms with Crippen LogP contribution in [0.25, 0.3) is 0 Å². The highest BCUT2D eigenvalue weighted by atomic mass is 35.5. The molecule has 1 aromatic heterocycles. The molecule has 23 heavy (non-hydrogen) atoms. The fourth-order valence-corrected chi connectivity index (χ4v) is 2.71. The van der Waals surface area contributed by atoms with Crippen LogP contribution in [0.5, 0.6) is 0 Å². The van der Waals surface area contributed by atoms with Gasteiger partial charge in [0.05, 0.1) is 0 Å². The highest BCUT2D eigenvalue weighted by Gasteiger charge is 2.31. The fraction of sp³-hybridized carbons (Fsp3) is 0.667. The van der Waals surface area contributed by atoms with Gasteiger partial charge in [0, 0.05) is 25.7 Å². The average Bonchev–Trinajstić information content (AvgIpc) is 2.41. The normalized spacial score (nSPS) is 19.0. The van der Waals surface area contributed by atoms with Crippen LogP contribution in [-0.2, 0) is 4.74 Å². The second kappa shape index (κ2) is 6.39. The summed E-state index contributed by atoms with van der Waals surface area (Å²) in [6.07, 6.45) is -0.329. The quantitative estimate of drug-likeness (QED) is 0.846. The molecule has 2 heterocycles. The molecule has 1 atom stereocenters. The van der Waals surface area contributed by atoms with Crippen LogP contribution in [0.3, 0.4) is 0 Å². The molecule has 1 aromatic rings. The van der Waals surface area contributed by atoms with E-state index in [1.165, 1.54) is 0 Å². The third-order valence-electron chi connectivity index (χ3n) is 3.51. The maximum absolute atomic E-state index is 12.2. The minimum Gasteiger partial charge on any atom is -0.444 e. The molecule has 0 radical (unpaired) electrons. The van der Waals surface area contributed by atoms with Gasteiger partial charge in [-0.15, -0.1) is 0 Å². The minimum atomic E-state index is -0.522. The molecule has 1 aliphatic heterocycles. The molecular formula is C15H23ClN4O3. The summed E-state index contributed by atoms with van der Waals surface area (Å²) >= 11 is 6.10. The number of nitrogens with one attached hydrogen (secondary N) is 1. The molecule has 1 amide bonds. The van der Waals surface area contributed by atoms with E-state index in [0.29, 0.717) is 31.3 Å². The molecule has 0 aliphatic carbocycles. The number of ether oxygens (including phenoxy) is 1. The third-order valence-corrected chi connectivity index (χ3v) is 3.86. The van der Waals surface area contributed by atoms with E-state index in [2.05, 4.69) is 9.97 Å². The molecule has 1 aliphatic rings. The van der Waals surface area contributed by atoms with Gasteiger partial charge in [0.2, 0.25) is 0 Å². The Hall–Kier alpha value is -1.76. The molecule has 1 N–H and O–H groups in total. The van der Waals surface area contributed by atoms with Crippen LogP contribution < -0.4 is 10.5 Å². The number of aryl methyl sites for hydroxylation is 1. The van der Waals surface area contributed by atoms with Crippen LogP contribution in [0.4, 0.5) is 10.6 Å². The summed E-state index contributed by atoms with van der Waals surface area (Å²) in [5.74, 6) is 0.973. The molecule has 2 rings (SSSR count). The van der Waals surface area contributed by atoms with Crippen molar-refractivity contribution in [3.63, 3.8) is 0 Å². The lowest BCUT2D eigenvalue weighted by Crippen LogP contribution is -2.55. The number of aromatic amines is 1. The van der Waals surface area contributed by atoms with Crippen molar-refractivity contribution in [2.24, 2.45) is 0 Å². The lowest BCUT2D eigenvalue weighted by Gasteiger charge is -2.40. The van der Waals surface area contributed by atoms with Gasteiger partial charge in [-0.05, 0) is 34.6 Å². The molecular weight excluding hydrogens is 320 g/mol. The summed E-state index contributed by atoms with van der Waals surface area (Å²) in [6.45, 7) is 10.7. The number of aromatic nitrogens is 2. The van der Waals surface area contributed by atoms with Crippen LogP contribution >= 0.6 is 11.6 Å². The van der Waals surface area contributed by atoms with Gasteiger partial charge in [0.15, 0.2) is 5.82 Å². The number of piperazine rings is 1. The molecule has 0 bridgehead atoms. The van der Waals surface area contributed by atoms with Crippen molar-refractivity contribution in [2.75, 3.05) is 24.5 Å². The summed E-state index contributed by atoms with van der Waals surface area (Å²) in [5.41, 5.74) is -0.873. The maximum atomic E-state index is 12.2. The Bertz CT molecular complexity index is 653. The number of carbonyl (C=O) groups excluding carboxylic acids is 1. The van der Waals surface area contributed by atoms with E-state index in [-0.39, 0.29) is 22.7 Å². The summed E-state index contributed by atoms with van der Waals surface area (Å²) < 4.78 is 5.40. The second-order valence-electron chi connectivity index (χ2n) is 6.76. The molecule has 7 nitrogen and oxygen atoms in total. The van der Waals surface area contributed by atoms with E-state index < -0.39 is 5.60 Å². The number of nitrogens with zero attached hydrogens (tertiary/aromatic N) is 3. The lowest BCUT2D eigenvalue weighted by atomic mass is 10.2. The maximum Gasteiger partial charge on any atom is 0.410 e. The summed E-state index contributed by atoms with van der Waals surface area (Å²) in [4.78, 5) is 34.5. The number of anilines is 1. The predicted molar refractivity (Wildman–Crippen MR) is 89.2 cm³/mol. The largest absolute Gasteiger partial charge is 0.444 e. The Morgan fingerprint density at radius 2 is 2.04 bits per heavy atom. The van der Waals surface area contributed by atoms with Gasteiger partial charge in [0.1, 0.15) is 16.4 Å². The first-order valence-corrected chi connectivity index (χ1v) is 7.97. The zero-order chi connectivity index (χ0) is 17.4. The smallest absolute Gasteiger partial charge is 0.410 e. The Labute approximate surface area is 140 Å². The SMILES string of the molecule is Cc1nc(N2CCN(C(=O)OC(C)(C)C)CC2C)c(Cl)c(=O)[nH]1. The van der Waals surface area contributed by atoms with E-state index in [9.17, 15) is 9.59 Å². The van der Waals surface area contributed by atoms with Crippen molar-refractivity contribution in [3.05, 3.63) is 21.2 Å². The predicted octanol–water partition coefficient (Wildman–Crippen LogP) is 2.18. The number of halogens is 1. The first-order valence-electron chi connectivity index (χ1n) is 7.59. The highest BCUT2D eigenvalue weighted by Crippen LogP contribution is 2.24. The van der Waals surface area contributed by atoms with Gasteiger partial charge >= 0.3 is 6.09 Å². The van der Waals surface area contributed by atoms with Gasteiger partial charge in [-0.2, -0.15) is 0 Å². The van der Waals surface area contributed by atoms with Crippen molar-refractivity contribution < 1.29 is 9.53 Å². The number of hydrogen-bond acceptors (Lipinski definition) is 5. The first kappa shape index (κ1) is 17.6. The van der Waals surface area contributed by atoms with Gasteiger partial charge in [-0.1, -0.05) is 11.6 Å². The Morgan fingerprint density at radius 3 is 2.61 bits per heavy atom. The zero-order valence-corrected chi connectivity index (χ0v) is 14.9. The van der Waals surface area contributed by atoms with Crippen molar-refractivity contribution in [1.82, 2.24) is 14.9 Å². The number of H-pyrrole nitrogens is 1. The number of amides is 1. The molecule has 0 spiro atoms. The summed E-state index contributed by atoms with van der Waals surface area (Å²) in [7, 11) is 0. The monoisotopic (exact) mass is 342 g/mol. The van der Waals surface area contributed by atoms with Gasteiger partial charge < -0.3 is 19.5 Å². The Balaban J connectivity index is 2.14. The fourth-order valence-electron chi connectivity index (χ4n) is 2.51. The minimum absolute atomic E-state index is 0.0255. The van der Waals surface area contributed by atoms with E-state index in [1.807, 2.05) is 32.6 Å². The van der Waals surface area contributed by atoms with E-state index >= 15 is 0 Å². The molecule has 1 unspecified atom stereocenters. The van der Waals surface area contributed by atoms with Gasteiger partial charge in [-0.3, -0.25) is 4.79 Å². The molecule has 1 saturated heterocycles. The lowest BCUT2D eigenvalue weighted by molar-refractivity contribution is 0.0218. The average molecular weight is 343 g/mol. The zero-order valence-electron chi connectivity index (χ0n) is 14.1. The molecule has 0 saturated carbocycles. The van der Waals surface area contributed by atoms with E-state index in [4.69, 9.17) is 16.3 Å². The van der Waals surface area contributed by atoms with Crippen molar-refractivity contribution in [2.45, 2.75) is 46.3 Å². The molecule has 8 heteroatoms. The summed E-state index contributed by atoms with van der Waals surface area (Å²) in [6, 6.07) is -0.0255. The molecule has 1 fully saturated rings. The van der Waals surface area contributed by atoms with Crippen molar-refractivity contribution in [1.29, 1.82) is 0 Å². The van der Waals surface area contributed by atoms with Crippen LogP contribution in [0.2, 0.25) is 5.02 Å².